The average Bonchev–Trinajstić information content (AvgIpc) is 2.54. The second-order valence-corrected chi connectivity index (χ2v) is 11.2. The molecule has 1 fully saturated rings. The van der Waals surface area contributed by atoms with Gasteiger partial charge >= 0.3 is 0 Å². The Kier molecular flexibility index (Phi) is 8.09. The minimum atomic E-state index is -3.71. The first-order valence-electron chi connectivity index (χ1n) is 8.33. The summed E-state index contributed by atoms with van der Waals surface area (Å²) in [6.45, 7) is 7.16. The molecule has 1 aliphatic rings. The number of hydrogen-bond donors (Lipinski definition) is 2. The Balaban J connectivity index is 0.00000364. The molecule has 1 aromatic carbocycles. The second-order valence-electron chi connectivity index (χ2n) is 6.86. The third kappa shape index (κ3) is 6.03. The van der Waals surface area contributed by atoms with Crippen LogP contribution in [0.4, 0.5) is 0 Å². The molecule has 0 aromatic heterocycles. The summed E-state index contributed by atoms with van der Waals surface area (Å²) in [5, 5.41) is 8.28. The van der Waals surface area contributed by atoms with Crippen molar-refractivity contribution in [3.8, 4) is 0 Å². The van der Waals surface area contributed by atoms with Gasteiger partial charge in [-0.3, -0.25) is 0 Å². The predicted molar refractivity (Wildman–Crippen MR) is 117 cm³/mol. The van der Waals surface area contributed by atoms with Crippen LogP contribution in [0, 0.1) is 0 Å². The van der Waals surface area contributed by atoms with Gasteiger partial charge in [0.25, 0.3) is 0 Å². The summed E-state index contributed by atoms with van der Waals surface area (Å²) in [4.78, 5) is 6.57. The van der Waals surface area contributed by atoms with Crippen LogP contribution in [-0.4, -0.2) is 57.8 Å². The van der Waals surface area contributed by atoms with E-state index in [0.29, 0.717) is 32.1 Å². The number of aliphatic imine (C=N–C) groups is 1. The van der Waals surface area contributed by atoms with Crippen LogP contribution in [0.1, 0.15) is 26.3 Å². The molecule has 0 spiro atoms. The van der Waals surface area contributed by atoms with Crippen molar-refractivity contribution in [3.63, 3.8) is 0 Å². The van der Waals surface area contributed by atoms with Crippen LogP contribution in [0.25, 0.3) is 0 Å². The first-order valence-corrected chi connectivity index (χ1v) is 11.5. The molecular weight excluding hydrogens is 503 g/mol. The quantitative estimate of drug-likeness (QED) is 0.339. The number of nitrogens with zero attached hydrogens (tertiary/aromatic N) is 2. The largest absolute Gasteiger partial charge is 0.357 e. The third-order valence-corrected chi connectivity index (χ3v) is 7.80. The zero-order chi connectivity index (χ0) is 19.6. The molecule has 3 N–H and O–H groups in total. The molecule has 0 amide bonds. The van der Waals surface area contributed by atoms with E-state index in [4.69, 9.17) is 5.14 Å². The van der Waals surface area contributed by atoms with Crippen LogP contribution < -0.4 is 10.5 Å². The van der Waals surface area contributed by atoms with Gasteiger partial charge < -0.3 is 10.2 Å². The monoisotopic (exact) mass is 530 g/mol. The highest BCUT2D eigenvalue weighted by molar-refractivity contribution is 14.0. The number of sulfone groups is 1. The van der Waals surface area contributed by atoms with Crippen molar-refractivity contribution in [2.45, 2.75) is 37.0 Å². The lowest BCUT2D eigenvalue weighted by atomic mass is 10.2. The van der Waals surface area contributed by atoms with E-state index in [9.17, 15) is 16.8 Å². The van der Waals surface area contributed by atoms with E-state index in [1.54, 1.807) is 26.0 Å². The first kappa shape index (κ1) is 24.1. The Bertz CT molecular complexity index is 882. The zero-order valence-electron chi connectivity index (χ0n) is 15.7. The van der Waals surface area contributed by atoms with Crippen molar-refractivity contribution in [2.24, 2.45) is 10.1 Å². The fourth-order valence-corrected chi connectivity index (χ4v) is 4.58. The van der Waals surface area contributed by atoms with Gasteiger partial charge in [0.2, 0.25) is 10.0 Å². The smallest absolute Gasteiger partial charge is 0.238 e. The molecule has 0 bridgehead atoms. The molecule has 1 heterocycles. The van der Waals surface area contributed by atoms with Crippen LogP contribution in [-0.2, 0) is 26.4 Å². The van der Waals surface area contributed by atoms with Gasteiger partial charge in [-0.15, -0.1) is 24.0 Å². The van der Waals surface area contributed by atoms with Gasteiger partial charge in [0.15, 0.2) is 15.8 Å². The van der Waals surface area contributed by atoms with E-state index in [1.807, 2.05) is 11.8 Å². The number of halogens is 1. The molecule has 2 rings (SSSR count). The zero-order valence-corrected chi connectivity index (χ0v) is 19.6. The first-order chi connectivity index (χ1) is 12.0. The van der Waals surface area contributed by atoms with Crippen molar-refractivity contribution in [3.05, 3.63) is 29.8 Å². The molecule has 0 aliphatic carbocycles. The number of rotatable bonds is 4. The number of nitrogens with two attached hydrogens (primary N) is 1. The summed E-state index contributed by atoms with van der Waals surface area (Å²) in [6, 6.07) is 6.22. The maximum atomic E-state index is 12.2. The van der Waals surface area contributed by atoms with Crippen LogP contribution in [0.3, 0.4) is 0 Å². The topological polar surface area (TPSA) is 122 Å². The Hall–Kier alpha value is -0.920. The van der Waals surface area contributed by atoms with Gasteiger partial charge in [0, 0.05) is 19.6 Å². The number of sulfonamides is 1. The summed E-state index contributed by atoms with van der Waals surface area (Å²) in [5.41, 5.74) is 0.830. The van der Waals surface area contributed by atoms with Crippen molar-refractivity contribution in [1.82, 2.24) is 10.2 Å². The summed E-state index contributed by atoms with van der Waals surface area (Å²) in [5.74, 6) is 0.735. The minimum Gasteiger partial charge on any atom is -0.357 e. The van der Waals surface area contributed by atoms with E-state index in [-0.39, 0.29) is 34.6 Å². The fraction of sp³-hybridized carbons (Fsp3) is 0.562. The lowest BCUT2D eigenvalue weighted by molar-refractivity contribution is 0.353. The molecule has 0 unspecified atom stereocenters. The van der Waals surface area contributed by atoms with E-state index >= 15 is 0 Å². The number of hydrogen-bond acceptors (Lipinski definition) is 5. The maximum Gasteiger partial charge on any atom is 0.238 e. The molecular formula is C16H27IN4O4S2. The normalized spacial score (nSPS) is 19.3. The highest BCUT2D eigenvalue weighted by Gasteiger charge is 2.40. The van der Waals surface area contributed by atoms with Gasteiger partial charge in [-0.2, -0.15) is 0 Å². The van der Waals surface area contributed by atoms with Crippen molar-refractivity contribution in [1.29, 1.82) is 0 Å². The molecule has 154 valence electrons. The summed E-state index contributed by atoms with van der Waals surface area (Å²) >= 11 is 0. The molecule has 11 heteroatoms. The van der Waals surface area contributed by atoms with Crippen LogP contribution >= 0.6 is 24.0 Å². The molecule has 8 nitrogen and oxygen atoms in total. The number of nitrogens with one attached hydrogen (secondary N) is 1. The molecule has 0 radical (unpaired) electrons. The van der Waals surface area contributed by atoms with E-state index in [0.717, 1.165) is 5.56 Å². The highest BCUT2D eigenvalue weighted by Crippen LogP contribution is 2.23. The van der Waals surface area contributed by atoms with Gasteiger partial charge in [0.1, 0.15) is 0 Å². The van der Waals surface area contributed by atoms with Crippen LogP contribution in [0.15, 0.2) is 34.2 Å². The van der Waals surface area contributed by atoms with Crippen molar-refractivity contribution < 1.29 is 16.8 Å². The van der Waals surface area contributed by atoms with Gasteiger partial charge in [-0.05, 0) is 38.5 Å². The van der Waals surface area contributed by atoms with Crippen molar-refractivity contribution >= 4 is 49.8 Å². The van der Waals surface area contributed by atoms with Gasteiger partial charge in [-0.1, -0.05) is 12.1 Å². The lowest BCUT2D eigenvalue weighted by Crippen LogP contribution is -2.57. The highest BCUT2D eigenvalue weighted by atomic mass is 127. The lowest BCUT2D eigenvalue weighted by Gasteiger charge is -2.39. The van der Waals surface area contributed by atoms with Crippen molar-refractivity contribution in [2.75, 3.05) is 25.4 Å². The number of guanidine groups is 1. The average molecular weight is 530 g/mol. The maximum absolute atomic E-state index is 12.2. The standard InChI is InChI=1S/C16H26N4O4S2.HI/c1-4-18-15(20-9-10-25(21,22)16(2,3)12-20)19-11-13-5-7-14(8-6-13)26(17,23)24;/h5-8H,4,9-12H2,1-3H3,(H,18,19)(H2,17,23,24);1H. The summed E-state index contributed by atoms with van der Waals surface area (Å²) in [6.07, 6.45) is 0. The summed E-state index contributed by atoms with van der Waals surface area (Å²) < 4.78 is 46.1. The summed E-state index contributed by atoms with van der Waals surface area (Å²) in [7, 11) is -6.84. The Labute approximate surface area is 178 Å². The second kappa shape index (κ2) is 9.05. The van der Waals surface area contributed by atoms with E-state index in [2.05, 4.69) is 10.3 Å². The minimum absolute atomic E-state index is 0. The van der Waals surface area contributed by atoms with Gasteiger partial charge in [-0.25, -0.2) is 27.0 Å². The Morgan fingerprint density at radius 2 is 1.89 bits per heavy atom. The third-order valence-electron chi connectivity index (χ3n) is 4.34. The molecule has 27 heavy (non-hydrogen) atoms. The fourth-order valence-electron chi connectivity index (χ4n) is 2.70. The molecule has 0 saturated carbocycles. The SMILES string of the molecule is CCNC(=NCc1ccc(S(N)(=O)=O)cc1)N1CCS(=O)(=O)C(C)(C)C1.I. The van der Waals surface area contributed by atoms with Gasteiger partial charge in [0.05, 0.1) is 21.9 Å². The number of benzene rings is 1. The molecule has 1 aromatic rings. The van der Waals surface area contributed by atoms with Crippen LogP contribution in [0.2, 0.25) is 0 Å². The van der Waals surface area contributed by atoms with E-state index < -0.39 is 24.6 Å². The molecule has 1 saturated heterocycles. The molecule has 1 aliphatic heterocycles. The predicted octanol–water partition coefficient (Wildman–Crippen LogP) is 0.927. The Morgan fingerprint density at radius 3 is 2.37 bits per heavy atom. The van der Waals surface area contributed by atoms with Crippen LogP contribution in [0.5, 0.6) is 0 Å². The number of primary sulfonamides is 1. The molecule has 0 atom stereocenters. The van der Waals surface area contributed by atoms with E-state index in [1.165, 1.54) is 12.1 Å². The Morgan fingerprint density at radius 1 is 1.30 bits per heavy atom.